The number of rotatable bonds is 6. The largest absolute Gasteiger partial charge is 0.444 e. The molecule has 2 atom stereocenters. The number of carbonyl (C=O) groups is 2. The van der Waals surface area contributed by atoms with Crippen LogP contribution in [-0.2, 0) is 9.47 Å². The van der Waals surface area contributed by atoms with Crippen LogP contribution in [0, 0.1) is 12.0 Å². The molecule has 0 bridgehead atoms. The third kappa shape index (κ3) is 8.36. The minimum absolute atomic E-state index is 0.134. The molecule has 2 radical (unpaired) electrons. The SMILES string of the molecule is C[Si]CC#Cn1c(-c2ccc(-c3ccc(-c4cnc([C@@H]5CCCN5C(=O)OC(C)(C)C)[nH]4)cc3)cn2)cnc1[C@@H]1CCCN1C(=O)OC(C)(C)C. The number of benzene rings is 1. The first-order chi connectivity index (χ1) is 24.3. The molecule has 2 saturated heterocycles. The molecule has 1 N–H and O–H groups in total. The normalized spacial score (nSPS) is 17.7. The Morgan fingerprint density at radius 2 is 1.41 bits per heavy atom. The van der Waals surface area contributed by atoms with Crippen molar-refractivity contribution >= 4 is 21.7 Å². The van der Waals surface area contributed by atoms with E-state index >= 15 is 0 Å². The molecule has 0 saturated carbocycles. The minimum Gasteiger partial charge on any atom is -0.444 e. The molecule has 2 aliphatic rings. The number of imidazole rings is 2. The molecule has 0 spiro atoms. The van der Waals surface area contributed by atoms with E-state index in [4.69, 9.17) is 19.4 Å². The number of likely N-dealkylation sites (tertiary alicyclic amines) is 2. The van der Waals surface area contributed by atoms with E-state index in [0.29, 0.717) is 22.6 Å². The number of aromatic nitrogens is 5. The second-order valence-corrected chi connectivity index (χ2v) is 16.1. The maximum absolute atomic E-state index is 13.1. The van der Waals surface area contributed by atoms with Gasteiger partial charge in [0.25, 0.3) is 0 Å². The Balaban J connectivity index is 1.19. The Labute approximate surface area is 303 Å². The van der Waals surface area contributed by atoms with Gasteiger partial charge in [0.1, 0.15) is 22.9 Å². The molecule has 0 unspecified atom stereocenters. The average molecular weight is 706 g/mol. The number of amides is 2. The molecule has 266 valence electrons. The molecule has 2 fully saturated rings. The van der Waals surface area contributed by atoms with Crippen LogP contribution in [0.5, 0.6) is 0 Å². The summed E-state index contributed by atoms with van der Waals surface area (Å²) in [6, 6.07) is 16.0. The van der Waals surface area contributed by atoms with Crippen molar-refractivity contribution in [2.24, 2.45) is 0 Å². The number of carbonyl (C=O) groups excluding carboxylic acids is 2. The third-order valence-corrected chi connectivity index (χ3v) is 9.30. The monoisotopic (exact) mass is 705 g/mol. The van der Waals surface area contributed by atoms with Gasteiger partial charge in [0.15, 0.2) is 0 Å². The summed E-state index contributed by atoms with van der Waals surface area (Å²) >= 11 is 0. The second-order valence-electron chi connectivity index (χ2n) is 15.0. The number of aromatic amines is 1. The maximum atomic E-state index is 13.1. The molecule has 11 nitrogen and oxygen atoms in total. The summed E-state index contributed by atoms with van der Waals surface area (Å²) < 4.78 is 13.3. The van der Waals surface area contributed by atoms with Gasteiger partial charge in [-0.2, -0.15) is 0 Å². The van der Waals surface area contributed by atoms with Gasteiger partial charge in [-0.15, -0.1) is 0 Å². The molecule has 4 aromatic rings. The minimum atomic E-state index is -0.580. The highest BCUT2D eigenvalue weighted by molar-refractivity contribution is 6.34. The van der Waals surface area contributed by atoms with Crippen LogP contribution in [0.4, 0.5) is 9.59 Å². The van der Waals surface area contributed by atoms with Crippen molar-refractivity contribution in [1.82, 2.24) is 34.3 Å². The van der Waals surface area contributed by atoms with Crippen LogP contribution in [0.3, 0.4) is 0 Å². The van der Waals surface area contributed by atoms with Crippen molar-refractivity contribution in [3.05, 3.63) is 66.6 Å². The lowest BCUT2D eigenvalue weighted by molar-refractivity contribution is 0.0207. The average Bonchev–Trinajstić information content (AvgIpc) is 3.90. The standard InChI is InChI=1S/C39H47N7O4Si/c1-38(2,3)49-36(47)45-19-8-11-31(45)34-41-24-30(43-34)27-15-13-26(14-16-27)28-17-18-29(40-23-28)33-25-42-35(44(33)21-10-22-51-7)32-12-9-20-46(32)37(48)50-39(4,5)6/h13-18,23-25,31-32H,8-9,11-12,19-20,22H2,1-7H3,(H,41,43)/t31-,32-/m0/s1. The van der Waals surface area contributed by atoms with Gasteiger partial charge in [0, 0.05) is 36.9 Å². The molecule has 1 aromatic carbocycles. The molecular formula is C39H47N7O4Si. The van der Waals surface area contributed by atoms with Gasteiger partial charge in [0.2, 0.25) is 0 Å². The summed E-state index contributed by atoms with van der Waals surface area (Å²) in [5.41, 5.74) is 4.31. The lowest BCUT2D eigenvalue weighted by Gasteiger charge is -2.28. The van der Waals surface area contributed by atoms with E-state index in [1.807, 2.05) is 64.6 Å². The molecule has 2 amide bonds. The van der Waals surface area contributed by atoms with Gasteiger partial charge in [0.05, 0.1) is 51.1 Å². The lowest BCUT2D eigenvalue weighted by Crippen LogP contribution is -2.37. The number of nitrogens with zero attached hydrogens (tertiary/aromatic N) is 6. The number of pyridine rings is 1. The Morgan fingerprint density at radius 1 is 0.804 bits per heavy atom. The highest BCUT2D eigenvalue weighted by atomic mass is 28.2. The number of nitrogens with one attached hydrogen (secondary N) is 1. The third-order valence-electron chi connectivity index (χ3n) is 8.77. The van der Waals surface area contributed by atoms with Crippen LogP contribution in [0.15, 0.2) is 55.0 Å². The predicted molar refractivity (Wildman–Crippen MR) is 198 cm³/mol. The zero-order valence-corrected chi connectivity index (χ0v) is 31.6. The van der Waals surface area contributed by atoms with Crippen LogP contribution >= 0.6 is 0 Å². The van der Waals surface area contributed by atoms with Gasteiger partial charge in [-0.25, -0.2) is 19.6 Å². The van der Waals surface area contributed by atoms with Crippen LogP contribution < -0.4 is 0 Å². The zero-order chi connectivity index (χ0) is 36.3. The smallest absolute Gasteiger partial charge is 0.410 e. The van der Waals surface area contributed by atoms with Crippen molar-refractivity contribution in [2.45, 2.75) is 103 Å². The van der Waals surface area contributed by atoms with Gasteiger partial charge in [-0.3, -0.25) is 19.4 Å². The van der Waals surface area contributed by atoms with Crippen LogP contribution in [0.1, 0.15) is 91.0 Å². The van der Waals surface area contributed by atoms with E-state index in [1.165, 1.54) is 0 Å². The Morgan fingerprint density at radius 3 is 2.02 bits per heavy atom. The predicted octanol–water partition coefficient (Wildman–Crippen LogP) is 8.13. The Kier molecular flexibility index (Phi) is 10.4. The summed E-state index contributed by atoms with van der Waals surface area (Å²) in [5.74, 6) is 4.77. The van der Waals surface area contributed by atoms with E-state index in [9.17, 15) is 9.59 Å². The summed E-state index contributed by atoms with van der Waals surface area (Å²) in [5, 5.41) is 0. The zero-order valence-electron chi connectivity index (χ0n) is 30.6. The van der Waals surface area contributed by atoms with Crippen LogP contribution in [-0.4, -0.2) is 80.3 Å². The number of ether oxygens (including phenoxy) is 2. The van der Waals surface area contributed by atoms with Crippen molar-refractivity contribution in [1.29, 1.82) is 0 Å². The lowest BCUT2D eigenvalue weighted by atomic mass is 10.0. The summed E-state index contributed by atoms with van der Waals surface area (Å²) in [6.45, 7) is 14.7. The van der Waals surface area contributed by atoms with Gasteiger partial charge >= 0.3 is 12.2 Å². The molecule has 6 rings (SSSR count). The molecule has 3 aromatic heterocycles. The fourth-order valence-electron chi connectivity index (χ4n) is 6.48. The number of hydrogen-bond acceptors (Lipinski definition) is 7. The highest BCUT2D eigenvalue weighted by Gasteiger charge is 2.37. The summed E-state index contributed by atoms with van der Waals surface area (Å²) in [4.78, 5) is 47.2. The molecule has 2 aliphatic heterocycles. The second kappa shape index (κ2) is 14.8. The van der Waals surface area contributed by atoms with Crippen molar-refractivity contribution < 1.29 is 19.1 Å². The number of H-pyrrole nitrogens is 1. The van der Waals surface area contributed by atoms with Crippen molar-refractivity contribution in [3.8, 4) is 45.7 Å². The first-order valence-electron chi connectivity index (χ1n) is 17.6. The van der Waals surface area contributed by atoms with E-state index in [2.05, 4.69) is 58.8 Å². The fourth-order valence-corrected chi connectivity index (χ4v) is 6.74. The summed E-state index contributed by atoms with van der Waals surface area (Å²) in [6.07, 6.45) is 8.27. The van der Waals surface area contributed by atoms with Gasteiger partial charge < -0.3 is 14.5 Å². The molecule has 12 heteroatoms. The highest BCUT2D eigenvalue weighted by Crippen LogP contribution is 2.36. The van der Waals surface area contributed by atoms with Crippen LogP contribution in [0.2, 0.25) is 12.6 Å². The Hall–Kier alpha value is -4.89. The summed E-state index contributed by atoms with van der Waals surface area (Å²) in [7, 11) is 0.709. The van der Waals surface area contributed by atoms with Crippen molar-refractivity contribution in [2.75, 3.05) is 13.1 Å². The van der Waals surface area contributed by atoms with Crippen molar-refractivity contribution in [3.63, 3.8) is 0 Å². The molecular weight excluding hydrogens is 659 g/mol. The molecule has 51 heavy (non-hydrogen) atoms. The fraction of sp³-hybridized carbons (Fsp3) is 0.462. The van der Waals surface area contributed by atoms with Gasteiger partial charge in [-0.05, 0) is 84.4 Å². The van der Waals surface area contributed by atoms with Crippen LogP contribution in [0.25, 0.3) is 33.8 Å². The first-order valence-corrected chi connectivity index (χ1v) is 19.3. The topological polar surface area (TPSA) is 118 Å². The molecule has 0 aliphatic carbocycles. The van der Waals surface area contributed by atoms with E-state index in [-0.39, 0.29) is 24.3 Å². The quantitative estimate of drug-likeness (QED) is 0.159. The Bertz CT molecular complexity index is 1910. The van der Waals surface area contributed by atoms with E-state index < -0.39 is 11.2 Å². The molecule has 5 heterocycles. The number of hydrogen-bond donors (Lipinski definition) is 1. The van der Waals surface area contributed by atoms with E-state index in [0.717, 1.165) is 77.1 Å². The maximum Gasteiger partial charge on any atom is 0.410 e. The van der Waals surface area contributed by atoms with E-state index in [1.54, 1.807) is 16.0 Å². The van der Waals surface area contributed by atoms with Gasteiger partial charge in [-0.1, -0.05) is 42.8 Å². The first kappa shape index (κ1) is 35.9.